The molecule has 0 amide bonds. The van der Waals surface area contributed by atoms with E-state index in [0.29, 0.717) is 19.1 Å². The summed E-state index contributed by atoms with van der Waals surface area (Å²) in [7, 11) is 1.84. The molecule has 1 fully saturated rings. The van der Waals surface area contributed by atoms with Gasteiger partial charge in [0, 0.05) is 51.2 Å². The molecule has 1 aromatic carbocycles. The van der Waals surface area contributed by atoms with E-state index in [1.54, 1.807) is 6.20 Å². The Labute approximate surface area is 183 Å². The van der Waals surface area contributed by atoms with Crippen LogP contribution in [-0.2, 0) is 17.9 Å². The average Bonchev–Trinajstić information content (AvgIpc) is 3.45. The molecular formula is C24H30N6O. The van der Waals surface area contributed by atoms with Gasteiger partial charge in [-0.25, -0.2) is 9.97 Å². The number of benzene rings is 1. The lowest BCUT2D eigenvalue weighted by molar-refractivity contribution is 0.0906. The summed E-state index contributed by atoms with van der Waals surface area (Å²) in [5.74, 6) is 3.26. The Hall–Kier alpha value is -3.19. The maximum atomic E-state index is 5.94. The van der Waals surface area contributed by atoms with Crippen molar-refractivity contribution < 1.29 is 4.74 Å². The highest BCUT2D eigenvalue weighted by molar-refractivity contribution is 5.80. The first-order valence-electron chi connectivity index (χ1n) is 10.8. The molecule has 1 aliphatic rings. The van der Waals surface area contributed by atoms with E-state index in [1.165, 1.54) is 5.56 Å². The third-order valence-corrected chi connectivity index (χ3v) is 5.59. The van der Waals surface area contributed by atoms with Crippen molar-refractivity contribution in [3.63, 3.8) is 0 Å². The first kappa shape index (κ1) is 21.1. The number of likely N-dealkylation sites (tertiary alicyclic amines) is 1. The lowest BCUT2D eigenvalue weighted by Gasteiger charge is -2.22. The van der Waals surface area contributed by atoms with Crippen LogP contribution in [0.15, 0.2) is 66.0 Å². The smallest absolute Gasteiger partial charge is 0.193 e. The monoisotopic (exact) mass is 418 g/mol. The Bertz CT molecular complexity index is 983. The molecule has 0 radical (unpaired) electrons. The summed E-state index contributed by atoms with van der Waals surface area (Å²) >= 11 is 0. The van der Waals surface area contributed by atoms with Crippen molar-refractivity contribution in [2.24, 2.45) is 10.9 Å². The number of pyridine rings is 1. The number of aromatic nitrogens is 3. The number of hydrogen-bond donors (Lipinski definition) is 1. The molecule has 3 aromatic rings. The molecule has 1 N–H and O–H groups in total. The summed E-state index contributed by atoms with van der Waals surface area (Å²) in [4.78, 5) is 15.6. The first-order valence-corrected chi connectivity index (χ1v) is 10.8. The van der Waals surface area contributed by atoms with Crippen molar-refractivity contribution in [3.05, 3.63) is 78.0 Å². The zero-order valence-electron chi connectivity index (χ0n) is 18.2. The van der Waals surface area contributed by atoms with Gasteiger partial charge in [0.15, 0.2) is 5.96 Å². The van der Waals surface area contributed by atoms with Gasteiger partial charge in [0.2, 0.25) is 0 Å². The van der Waals surface area contributed by atoms with Crippen LogP contribution in [0.3, 0.4) is 0 Å². The second-order valence-electron chi connectivity index (χ2n) is 7.87. The topological polar surface area (TPSA) is 67.6 Å². The van der Waals surface area contributed by atoms with Crippen molar-refractivity contribution in [3.8, 4) is 5.82 Å². The number of nitrogens with one attached hydrogen (secondary N) is 1. The largest absolute Gasteiger partial charge is 0.376 e. The Kier molecular flexibility index (Phi) is 6.94. The Balaban J connectivity index is 1.23. The molecule has 0 spiro atoms. The molecule has 1 aliphatic heterocycles. The summed E-state index contributed by atoms with van der Waals surface area (Å²) in [6.07, 6.45) is 6.73. The van der Waals surface area contributed by atoms with Gasteiger partial charge in [-0.2, -0.15) is 0 Å². The van der Waals surface area contributed by atoms with Gasteiger partial charge in [-0.1, -0.05) is 36.4 Å². The van der Waals surface area contributed by atoms with Crippen LogP contribution >= 0.6 is 0 Å². The van der Waals surface area contributed by atoms with Crippen LogP contribution in [0.2, 0.25) is 0 Å². The molecule has 0 aliphatic carbocycles. The highest BCUT2D eigenvalue weighted by atomic mass is 16.5. The molecule has 31 heavy (non-hydrogen) atoms. The maximum absolute atomic E-state index is 5.94. The van der Waals surface area contributed by atoms with Gasteiger partial charge in [-0.3, -0.25) is 9.56 Å². The van der Waals surface area contributed by atoms with E-state index in [-0.39, 0.29) is 0 Å². The van der Waals surface area contributed by atoms with Crippen LogP contribution in [-0.4, -0.2) is 52.1 Å². The second kappa shape index (κ2) is 10.2. The summed E-state index contributed by atoms with van der Waals surface area (Å²) in [5.41, 5.74) is 2.34. The summed E-state index contributed by atoms with van der Waals surface area (Å²) in [5, 5.41) is 3.47. The van der Waals surface area contributed by atoms with Gasteiger partial charge in [0.05, 0.1) is 13.2 Å². The molecule has 1 saturated heterocycles. The van der Waals surface area contributed by atoms with E-state index in [2.05, 4.69) is 43.4 Å². The molecular weight excluding hydrogens is 388 g/mol. The molecule has 162 valence electrons. The standard InChI is InChI=1S/C24H30N6O/c1-19-26-11-13-30(19)23-9-8-21(14-27-23)15-28-24(25-2)29-12-10-22(16-29)18-31-17-20-6-4-3-5-7-20/h3-9,11,13-14,22H,10,12,15-18H2,1-2H3,(H,25,28). The molecule has 7 nitrogen and oxygen atoms in total. The zero-order chi connectivity index (χ0) is 21.5. The van der Waals surface area contributed by atoms with Gasteiger partial charge < -0.3 is 15.0 Å². The molecule has 4 rings (SSSR count). The number of aliphatic imine (C=N–C) groups is 1. The van der Waals surface area contributed by atoms with Crippen LogP contribution in [0.4, 0.5) is 0 Å². The summed E-state index contributed by atoms with van der Waals surface area (Å²) in [6.45, 7) is 6.07. The SMILES string of the molecule is CN=C(NCc1ccc(-n2ccnc2C)nc1)N1CCC(COCc2ccccc2)C1. The van der Waals surface area contributed by atoms with E-state index >= 15 is 0 Å². The number of rotatable bonds is 7. The minimum atomic E-state index is 0.529. The van der Waals surface area contributed by atoms with E-state index in [4.69, 9.17) is 4.74 Å². The minimum absolute atomic E-state index is 0.529. The predicted molar refractivity (Wildman–Crippen MR) is 122 cm³/mol. The van der Waals surface area contributed by atoms with Crippen LogP contribution < -0.4 is 5.32 Å². The zero-order valence-corrected chi connectivity index (χ0v) is 18.2. The third-order valence-electron chi connectivity index (χ3n) is 5.59. The number of ether oxygens (including phenoxy) is 1. The highest BCUT2D eigenvalue weighted by Crippen LogP contribution is 2.17. The van der Waals surface area contributed by atoms with E-state index in [9.17, 15) is 0 Å². The molecule has 1 atom stereocenters. The second-order valence-corrected chi connectivity index (χ2v) is 7.87. The third kappa shape index (κ3) is 5.49. The van der Waals surface area contributed by atoms with Crippen LogP contribution in [0.25, 0.3) is 5.82 Å². The summed E-state index contributed by atoms with van der Waals surface area (Å²) in [6, 6.07) is 14.4. The van der Waals surface area contributed by atoms with Gasteiger partial charge >= 0.3 is 0 Å². The minimum Gasteiger partial charge on any atom is -0.376 e. The van der Waals surface area contributed by atoms with E-state index < -0.39 is 0 Å². The van der Waals surface area contributed by atoms with Gasteiger partial charge in [-0.15, -0.1) is 0 Å². The molecule has 2 aromatic heterocycles. The average molecular weight is 419 g/mol. The Morgan fingerprint density at radius 3 is 2.74 bits per heavy atom. The fraction of sp³-hybridized carbons (Fsp3) is 0.375. The molecule has 1 unspecified atom stereocenters. The number of hydrogen-bond acceptors (Lipinski definition) is 4. The number of nitrogens with zero attached hydrogens (tertiary/aromatic N) is 5. The lowest BCUT2D eigenvalue weighted by atomic mass is 10.1. The van der Waals surface area contributed by atoms with Crippen molar-refractivity contribution in [1.29, 1.82) is 0 Å². The van der Waals surface area contributed by atoms with Crippen molar-refractivity contribution in [2.75, 3.05) is 26.7 Å². The lowest BCUT2D eigenvalue weighted by Crippen LogP contribution is -2.39. The quantitative estimate of drug-likeness (QED) is 0.471. The number of guanidine groups is 1. The molecule has 7 heteroatoms. The maximum Gasteiger partial charge on any atom is 0.193 e. The predicted octanol–water partition coefficient (Wildman–Crippen LogP) is 3.19. The van der Waals surface area contributed by atoms with Crippen molar-refractivity contribution in [1.82, 2.24) is 24.8 Å². The van der Waals surface area contributed by atoms with E-state index in [0.717, 1.165) is 49.3 Å². The normalized spacial score (nSPS) is 16.6. The fourth-order valence-electron chi connectivity index (χ4n) is 3.88. The van der Waals surface area contributed by atoms with Crippen LogP contribution in [0.5, 0.6) is 0 Å². The Morgan fingerprint density at radius 2 is 2.03 bits per heavy atom. The van der Waals surface area contributed by atoms with Gasteiger partial charge in [0.1, 0.15) is 11.6 Å². The van der Waals surface area contributed by atoms with Crippen molar-refractivity contribution in [2.45, 2.75) is 26.5 Å². The number of imidazole rings is 1. The Morgan fingerprint density at radius 1 is 1.16 bits per heavy atom. The molecule has 0 bridgehead atoms. The number of aryl methyl sites for hydroxylation is 1. The van der Waals surface area contributed by atoms with Gasteiger partial charge in [0.25, 0.3) is 0 Å². The summed E-state index contributed by atoms with van der Waals surface area (Å²) < 4.78 is 7.92. The molecule has 0 saturated carbocycles. The highest BCUT2D eigenvalue weighted by Gasteiger charge is 2.25. The van der Waals surface area contributed by atoms with Crippen LogP contribution in [0.1, 0.15) is 23.4 Å². The van der Waals surface area contributed by atoms with Crippen molar-refractivity contribution >= 4 is 5.96 Å². The molecule has 3 heterocycles. The van der Waals surface area contributed by atoms with E-state index in [1.807, 2.05) is 55.2 Å². The fourth-order valence-corrected chi connectivity index (χ4v) is 3.88. The van der Waals surface area contributed by atoms with Crippen LogP contribution in [0, 0.1) is 12.8 Å². The first-order chi connectivity index (χ1) is 15.2. The van der Waals surface area contributed by atoms with Gasteiger partial charge in [-0.05, 0) is 30.5 Å².